The minimum absolute atomic E-state index is 0.165. The van der Waals surface area contributed by atoms with Crippen LogP contribution in [-0.2, 0) is 4.79 Å². The third kappa shape index (κ3) is 4.23. The molecular formula is C17H20BrN3O3. The van der Waals surface area contributed by atoms with E-state index in [0.717, 1.165) is 10.2 Å². The smallest absolute Gasteiger partial charge is 0.326 e. The van der Waals surface area contributed by atoms with Gasteiger partial charge in [0.1, 0.15) is 6.04 Å². The Balaban J connectivity index is 2.21. The lowest BCUT2D eigenvalue weighted by Gasteiger charge is -2.16. The number of rotatable bonds is 6. The number of carbonyl (C=O) groups is 2. The molecule has 0 saturated carbocycles. The molecule has 0 radical (unpaired) electrons. The lowest BCUT2D eigenvalue weighted by atomic mass is 10.0. The van der Waals surface area contributed by atoms with E-state index >= 15 is 0 Å². The zero-order valence-corrected chi connectivity index (χ0v) is 15.4. The zero-order valence-electron chi connectivity index (χ0n) is 13.8. The fraction of sp³-hybridized carbons (Fsp3) is 0.353. The summed E-state index contributed by atoms with van der Waals surface area (Å²) in [5, 5.41) is 16.1. The standard InChI is InChI=1S/C17H20BrN3O3/c1-10(2)8-15(17(23)24)20-16(22)14-9-19-21(11(14)3)13-6-4-12(18)5-7-13/h4-7,9-10,15H,8H2,1-3H3,(H,20,22)(H,23,24)/t15-/m1/s1. The fourth-order valence-corrected chi connectivity index (χ4v) is 2.67. The summed E-state index contributed by atoms with van der Waals surface area (Å²) in [6, 6.07) is 6.63. The molecule has 0 spiro atoms. The Kier molecular flexibility index (Phi) is 5.77. The quantitative estimate of drug-likeness (QED) is 0.788. The second-order valence-corrected chi connectivity index (χ2v) is 6.94. The highest BCUT2D eigenvalue weighted by Crippen LogP contribution is 2.17. The van der Waals surface area contributed by atoms with Gasteiger partial charge in [0.2, 0.25) is 0 Å². The molecule has 0 aliphatic heterocycles. The summed E-state index contributed by atoms with van der Waals surface area (Å²) >= 11 is 3.38. The van der Waals surface area contributed by atoms with E-state index < -0.39 is 17.9 Å². The van der Waals surface area contributed by atoms with Crippen molar-refractivity contribution in [1.82, 2.24) is 15.1 Å². The average molecular weight is 394 g/mol. The summed E-state index contributed by atoms with van der Waals surface area (Å²) in [5.41, 5.74) is 1.85. The van der Waals surface area contributed by atoms with Crippen molar-refractivity contribution in [1.29, 1.82) is 0 Å². The van der Waals surface area contributed by atoms with Crippen LogP contribution < -0.4 is 5.32 Å². The van der Waals surface area contributed by atoms with Crippen LogP contribution in [0.2, 0.25) is 0 Å². The molecule has 1 aromatic carbocycles. The monoisotopic (exact) mass is 393 g/mol. The van der Waals surface area contributed by atoms with Crippen LogP contribution in [0.25, 0.3) is 5.69 Å². The van der Waals surface area contributed by atoms with Gasteiger partial charge in [0.15, 0.2) is 0 Å². The molecule has 24 heavy (non-hydrogen) atoms. The minimum Gasteiger partial charge on any atom is -0.480 e. The number of carboxylic acids is 1. The first-order chi connectivity index (χ1) is 11.3. The maximum Gasteiger partial charge on any atom is 0.326 e. The molecule has 0 fully saturated rings. The van der Waals surface area contributed by atoms with Gasteiger partial charge in [-0.1, -0.05) is 29.8 Å². The van der Waals surface area contributed by atoms with Crippen LogP contribution in [0.1, 0.15) is 36.3 Å². The summed E-state index contributed by atoms with van der Waals surface area (Å²) in [6.45, 7) is 5.61. The number of benzene rings is 1. The van der Waals surface area contributed by atoms with Crippen LogP contribution in [0.5, 0.6) is 0 Å². The second-order valence-electron chi connectivity index (χ2n) is 6.03. The molecule has 0 aliphatic rings. The van der Waals surface area contributed by atoms with E-state index in [0.29, 0.717) is 17.7 Å². The van der Waals surface area contributed by atoms with Crippen molar-refractivity contribution in [3.63, 3.8) is 0 Å². The van der Waals surface area contributed by atoms with Gasteiger partial charge in [-0.05, 0) is 43.5 Å². The molecule has 1 atom stereocenters. The number of aliphatic carboxylic acids is 1. The maximum absolute atomic E-state index is 12.4. The topological polar surface area (TPSA) is 84.2 Å². The molecule has 0 aliphatic carbocycles. The van der Waals surface area contributed by atoms with Crippen molar-refractivity contribution in [2.45, 2.75) is 33.2 Å². The number of aromatic nitrogens is 2. The molecule has 1 aromatic heterocycles. The molecule has 1 amide bonds. The predicted octanol–water partition coefficient (Wildman–Crippen LogP) is 3.17. The van der Waals surface area contributed by atoms with Crippen molar-refractivity contribution < 1.29 is 14.7 Å². The Hall–Kier alpha value is -2.15. The Morgan fingerprint density at radius 1 is 1.29 bits per heavy atom. The summed E-state index contributed by atoms with van der Waals surface area (Å²) < 4.78 is 2.60. The SMILES string of the molecule is Cc1c(C(=O)N[C@H](CC(C)C)C(=O)O)cnn1-c1ccc(Br)cc1. The lowest BCUT2D eigenvalue weighted by Crippen LogP contribution is -2.41. The van der Waals surface area contributed by atoms with Gasteiger partial charge in [-0.15, -0.1) is 0 Å². The lowest BCUT2D eigenvalue weighted by molar-refractivity contribution is -0.139. The number of nitrogens with zero attached hydrogens (tertiary/aromatic N) is 2. The second kappa shape index (κ2) is 7.61. The van der Waals surface area contributed by atoms with Gasteiger partial charge in [-0.2, -0.15) is 5.10 Å². The van der Waals surface area contributed by atoms with Crippen LogP contribution in [0.3, 0.4) is 0 Å². The van der Waals surface area contributed by atoms with E-state index in [1.165, 1.54) is 6.20 Å². The fourth-order valence-electron chi connectivity index (χ4n) is 2.40. The molecule has 7 heteroatoms. The highest BCUT2D eigenvalue weighted by atomic mass is 79.9. The zero-order chi connectivity index (χ0) is 17.9. The van der Waals surface area contributed by atoms with E-state index in [1.54, 1.807) is 11.6 Å². The van der Waals surface area contributed by atoms with E-state index in [4.69, 9.17) is 0 Å². The molecule has 2 rings (SSSR count). The van der Waals surface area contributed by atoms with Gasteiger partial charge in [0.25, 0.3) is 5.91 Å². The number of hydrogen-bond acceptors (Lipinski definition) is 3. The van der Waals surface area contributed by atoms with Crippen molar-refractivity contribution in [3.8, 4) is 5.69 Å². The number of hydrogen-bond donors (Lipinski definition) is 2. The largest absolute Gasteiger partial charge is 0.480 e. The molecular weight excluding hydrogens is 374 g/mol. The number of amides is 1. The molecule has 128 valence electrons. The van der Waals surface area contributed by atoms with Crippen LogP contribution in [0, 0.1) is 12.8 Å². The summed E-state index contributed by atoms with van der Waals surface area (Å²) in [5.74, 6) is -1.29. The van der Waals surface area contributed by atoms with E-state index in [1.807, 2.05) is 38.1 Å². The molecule has 1 heterocycles. The first-order valence-electron chi connectivity index (χ1n) is 7.63. The Morgan fingerprint density at radius 2 is 1.92 bits per heavy atom. The van der Waals surface area contributed by atoms with Crippen LogP contribution in [-0.4, -0.2) is 32.8 Å². The van der Waals surface area contributed by atoms with Gasteiger partial charge in [-0.25, -0.2) is 9.48 Å². The van der Waals surface area contributed by atoms with Crippen LogP contribution in [0.4, 0.5) is 0 Å². The molecule has 0 bridgehead atoms. The number of carboxylic acid groups (broad SMARTS) is 1. The molecule has 0 saturated heterocycles. The molecule has 6 nitrogen and oxygen atoms in total. The Morgan fingerprint density at radius 3 is 2.46 bits per heavy atom. The van der Waals surface area contributed by atoms with E-state index in [9.17, 15) is 14.7 Å². The Labute approximate surface area is 149 Å². The summed E-state index contributed by atoms with van der Waals surface area (Å²) in [7, 11) is 0. The number of nitrogens with one attached hydrogen (secondary N) is 1. The van der Waals surface area contributed by atoms with E-state index in [-0.39, 0.29) is 5.92 Å². The third-order valence-corrected chi connectivity index (χ3v) is 4.16. The number of halogens is 1. The van der Waals surface area contributed by atoms with Gasteiger partial charge < -0.3 is 10.4 Å². The van der Waals surface area contributed by atoms with E-state index in [2.05, 4.69) is 26.3 Å². The predicted molar refractivity (Wildman–Crippen MR) is 94.3 cm³/mol. The van der Waals surface area contributed by atoms with Crippen molar-refractivity contribution in [2.24, 2.45) is 5.92 Å². The normalized spacial score (nSPS) is 12.2. The first-order valence-corrected chi connectivity index (χ1v) is 8.43. The molecule has 0 unspecified atom stereocenters. The van der Waals surface area contributed by atoms with Gasteiger partial charge in [-0.3, -0.25) is 4.79 Å². The first kappa shape index (κ1) is 18.2. The maximum atomic E-state index is 12.4. The Bertz CT molecular complexity index is 738. The minimum atomic E-state index is -1.03. The van der Waals surface area contributed by atoms with Crippen molar-refractivity contribution in [2.75, 3.05) is 0 Å². The number of carbonyl (C=O) groups excluding carboxylic acids is 1. The third-order valence-electron chi connectivity index (χ3n) is 3.64. The van der Waals surface area contributed by atoms with Gasteiger partial charge in [0.05, 0.1) is 23.1 Å². The van der Waals surface area contributed by atoms with Crippen LogP contribution in [0.15, 0.2) is 34.9 Å². The summed E-state index contributed by atoms with van der Waals surface area (Å²) in [6.07, 6.45) is 1.84. The highest BCUT2D eigenvalue weighted by Gasteiger charge is 2.24. The van der Waals surface area contributed by atoms with Crippen LogP contribution >= 0.6 is 15.9 Å². The molecule has 2 aromatic rings. The van der Waals surface area contributed by atoms with Crippen molar-refractivity contribution >= 4 is 27.8 Å². The average Bonchev–Trinajstić information content (AvgIpc) is 2.88. The van der Waals surface area contributed by atoms with Crippen molar-refractivity contribution in [3.05, 3.63) is 46.2 Å². The van der Waals surface area contributed by atoms with Gasteiger partial charge >= 0.3 is 5.97 Å². The molecule has 2 N–H and O–H groups in total. The van der Waals surface area contributed by atoms with Gasteiger partial charge in [0, 0.05) is 4.47 Å². The highest BCUT2D eigenvalue weighted by molar-refractivity contribution is 9.10. The summed E-state index contributed by atoms with van der Waals surface area (Å²) in [4.78, 5) is 23.7.